The van der Waals surface area contributed by atoms with Gasteiger partial charge in [0.05, 0.1) is 17.5 Å². The molecule has 0 saturated carbocycles. The van der Waals surface area contributed by atoms with E-state index in [1.165, 1.54) is 6.26 Å². The molecule has 2 rings (SSSR count). The van der Waals surface area contributed by atoms with Crippen LogP contribution in [0.5, 0.6) is 0 Å². The van der Waals surface area contributed by atoms with Gasteiger partial charge in [0.2, 0.25) is 0 Å². The first-order chi connectivity index (χ1) is 8.08. The Kier molecular flexibility index (Phi) is 3.33. The minimum atomic E-state index is -0.164. The zero-order chi connectivity index (χ0) is 12.4. The predicted molar refractivity (Wildman–Crippen MR) is 70.3 cm³/mol. The van der Waals surface area contributed by atoms with E-state index in [-0.39, 0.29) is 5.91 Å². The first-order valence-corrected chi connectivity index (χ1v) is 5.99. The summed E-state index contributed by atoms with van der Waals surface area (Å²) in [7, 11) is 0. The van der Waals surface area contributed by atoms with Crippen LogP contribution in [0.15, 0.2) is 39.4 Å². The normalized spacial score (nSPS) is 10.3. The van der Waals surface area contributed by atoms with Gasteiger partial charge in [0.25, 0.3) is 5.91 Å². The molecule has 1 aromatic carbocycles. The summed E-state index contributed by atoms with van der Waals surface area (Å²) >= 11 is 3.40. The lowest BCUT2D eigenvalue weighted by atomic mass is 10.2. The predicted octanol–water partition coefficient (Wildman–Crippen LogP) is 3.91. The summed E-state index contributed by atoms with van der Waals surface area (Å²) < 4.78 is 5.96. The highest BCUT2D eigenvalue weighted by atomic mass is 79.9. The van der Waals surface area contributed by atoms with Crippen molar-refractivity contribution in [1.82, 2.24) is 0 Å². The summed E-state index contributed by atoms with van der Waals surface area (Å²) in [4.78, 5) is 12.0. The van der Waals surface area contributed by atoms with Crippen LogP contribution >= 0.6 is 15.9 Å². The Hall–Kier alpha value is -1.55. The molecule has 0 atom stereocenters. The van der Waals surface area contributed by atoms with E-state index < -0.39 is 0 Å². The lowest BCUT2D eigenvalue weighted by Gasteiger charge is -2.07. The summed E-state index contributed by atoms with van der Waals surface area (Å²) in [5.41, 5.74) is 2.40. The number of hydrogen-bond donors (Lipinski definition) is 1. The maximum absolute atomic E-state index is 12.0. The van der Waals surface area contributed by atoms with Crippen molar-refractivity contribution in [2.45, 2.75) is 13.8 Å². The van der Waals surface area contributed by atoms with Crippen molar-refractivity contribution < 1.29 is 9.21 Å². The van der Waals surface area contributed by atoms with Crippen LogP contribution in [-0.2, 0) is 0 Å². The minimum absolute atomic E-state index is 0.164. The highest BCUT2D eigenvalue weighted by molar-refractivity contribution is 9.10. The number of carbonyl (C=O) groups excluding carboxylic acids is 1. The molecule has 2 aromatic rings. The summed E-state index contributed by atoms with van der Waals surface area (Å²) in [5.74, 6) is 0.453. The molecule has 0 fully saturated rings. The quantitative estimate of drug-likeness (QED) is 0.912. The highest BCUT2D eigenvalue weighted by Gasteiger charge is 2.12. The molecule has 0 aliphatic rings. The van der Waals surface area contributed by atoms with Crippen LogP contribution in [0.1, 0.15) is 21.7 Å². The van der Waals surface area contributed by atoms with E-state index >= 15 is 0 Å². The topological polar surface area (TPSA) is 42.2 Å². The lowest BCUT2D eigenvalue weighted by Crippen LogP contribution is -2.12. The Morgan fingerprint density at radius 2 is 2.06 bits per heavy atom. The smallest absolute Gasteiger partial charge is 0.259 e. The van der Waals surface area contributed by atoms with E-state index in [1.54, 1.807) is 13.0 Å². The molecule has 3 nitrogen and oxygen atoms in total. The van der Waals surface area contributed by atoms with Crippen molar-refractivity contribution in [3.63, 3.8) is 0 Å². The molecule has 88 valence electrons. The maximum Gasteiger partial charge on any atom is 0.259 e. The molecule has 1 amide bonds. The third-order valence-corrected chi connectivity index (χ3v) is 3.17. The van der Waals surface area contributed by atoms with Crippen LogP contribution in [0.4, 0.5) is 5.69 Å². The molecular weight excluding hydrogens is 282 g/mol. The Labute approximate surface area is 108 Å². The number of anilines is 1. The van der Waals surface area contributed by atoms with E-state index in [0.29, 0.717) is 11.3 Å². The Morgan fingerprint density at radius 1 is 1.29 bits per heavy atom. The second kappa shape index (κ2) is 4.75. The van der Waals surface area contributed by atoms with Crippen LogP contribution in [-0.4, -0.2) is 5.91 Å². The number of nitrogens with one attached hydrogen (secondary N) is 1. The summed E-state index contributed by atoms with van der Waals surface area (Å²) in [6, 6.07) is 7.46. The minimum Gasteiger partial charge on any atom is -0.469 e. The molecule has 0 spiro atoms. The molecular formula is C13H12BrNO2. The monoisotopic (exact) mass is 293 g/mol. The van der Waals surface area contributed by atoms with Crippen molar-refractivity contribution in [3.05, 3.63) is 51.9 Å². The van der Waals surface area contributed by atoms with Crippen molar-refractivity contribution in [2.24, 2.45) is 0 Å². The van der Waals surface area contributed by atoms with E-state index in [2.05, 4.69) is 21.2 Å². The Morgan fingerprint density at radius 3 is 2.71 bits per heavy atom. The van der Waals surface area contributed by atoms with E-state index in [1.807, 2.05) is 25.1 Å². The molecule has 0 saturated heterocycles. The van der Waals surface area contributed by atoms with E-state index in [0.717, 1.165) is 15.7 Å². The number of halogens is 1. The standard InChI is InChI=1S/C13H12BrNO2/c1-8-3-4-11(14)12(7-8)15-13(16)10-5-6-17-9(10)2/h3-7H,1-2H3,(H,15,16). The number of benzene rings is 1. The third-order valence-electron chi connectivity index (χ3n) is 2.47. The largest absolute Gasteiger partial charge is 0.469 e. The Bertz CT molecular complexity index is 560. The molecule has 1 heterocycles. The van der Waals surface area contributed by atoms with Crippen molar-refractivity contribution in [2.75, 3.05) is 5.32 Å². The van der Waals surface area contributed by atoms with E-state index in [4.69, 9.17) is 4.42 Å². The summed E-state index contributed by atoms with van der Waals surface area (Å²) in [6.45, 7) is 3.74. The molecule has 0 bridgehead atoms. The zero-order valence-corrected chi connectivity index (χ0v) is 11.2. The second-order valence-electron chi connectivity index (χ2n) is 3.83. The Balaban J connectivity index is 2.24. The molecule has 4 heteroatoms. The van der Waals surface area contributed by atoms with Crippen molar-refractivity contribution >= 4 is 27.5 Å². The molecule has 0 unspecified atom stereocenters. The average molecular weight is 294 g/mol. The molecule has 1 N–H and O–H groups in total. The number of aryl methyl sites for hydroxylation is 2. The SMILES string of the molecule is Cc1ccc(Br)c(NC(=O)c2ccoc2C)c1. The molecule has 0 radical (unpaired) electrons. The molecule has 0 aliphatic carbocycles. The second-order valence-corrected chi connectivity index (χ2v) is 4.68. The number of amides is 1. The van der Waals surface area contributed by atoms with Gasteiger partial charge < -0.3 is 9.73 Å². The fourth-order valence-electron chi connectivity index (χ4n) is 1.55. The van der Waals surface area contributed by atoms with Gasteiger partial charge >= 0.3 is 0 Å². The molecule has 17 heavy (non-hydrogen) atoms. The fourth-order valence-corrected chi connectivity index (χ4v) is 1.89. The van der Waals surface area contributed by atoms with E-state index in [9.17, 15) is 4.79 Å². The third kappa shape index (κ3) is 2.58. The lowest BCUT2D eigenvalue weighted by molar-refractivity contribution is 0.102. The first-order valence-electron chi connectivity index (χ1n) is 5.19. The first kappa shape index (κ1) is 11.9. The van der Waals surface area contributed by atoms with Crippen molar-refractivity contribution in [1.29, 1.82) is 0 Å². The van der Waals surface area contributed by atoms with Gasteiger partial charge in [0.1, 0.15) is 5.76 Å². The van der Waals surface area contributed by atoms with Gasteiger partial charge in [-0.3, -0.25) is 4.79 Å². The van der Waals surface area contributed by atoms with Gasteiger partial charge in [0.15, 0.2) is 0 Å². The van der Waals surface area contributed by atoms with Crippen LogP contribution in [0.3, 0.4) is 0 Å². The number of rotatable bonds is 2. The number of hydrogen-bond acceptors (Lipinski definition) is 2. The number of furan rings is 1. The van der Waals surface area contributed by atoms with Crippen LogP contribution in [0.25, 0.3) is 0 Å². The number of carbonyl (C=O) groups is 1. The summed E-state index contributed by atoms with van der Waals surface area (Å²) in [6.07, 6.45) is 1.51. The van der Waals surface area contributed by atoms with Gasteiger partial charge in [-0.1, -0.05) is 6.07 Å². The fraction of sp³-hybridized carbons (Fsp3) is 0.154. The molecule has 0 aliphatic heterocycles. The zero-order valence-electron chi connectivity index (χ0n) is 9.58. The van der Waals surface area contributed by atoms with Crippen molar-refractivity contribution in [3.8, 4) is 0 Å². The van der Waals surface area contributed by atoms with Gasteiger partial charge in [-0.05, 0) is 53.5 Å². The van der Waals surface area contributed by atoms with Gasteiger partial charge in [-0.15, -0.1) is 0 Å². The van der Waals surface area contributed by atoms with Gasteiger partial charge in [-0.2, -0.15) is 0 Å². The highest BCUT2D eigenvalue weighted by Crippen LogP contribution is 2.24. The van der Waals surface area contributed by atoms with Crippen LogP contribution < -0.4 is 5.32 Å². The summed E-state index contributed by atoms with van der Waals surface area (Å²) in [5, 5.41) is 2.85. The average Bonchev–Trinajstić information content (AvgIpc) is 2.70. The van der Waals surface area contributed by atoms with Gasteiger partial charge in [0, 0.05) is 4.47 Å². The van der Waals surface area contributed by atoms with Crippen LogP contribution in [0, 0.1) is 13.8 Å². The van der Waals surface area contributed by atoms with Crippen LogP contribution in [0.2, 0.25) is 0 Å². The van der Waals surface area contributed by atoms with Gasteiger partial charge in [-0.25, -0.2) is 0 Å². The maximum atomic E-state index is 12.0. The molecule has 1 aromatic heterocycles.